The minimum atomic E-state index is -2.91. The number of carbonyl (C=O) groups excluding carboxylic acids is 2. The van der Waals surface area contributed by atoms with Gasteiger partial charge in [0.25, 0.3) is 5.91 Å². The Morgan fingerprint density at radius 3 is 2.42 bits per heavy atom. The third kappa shape index (κ3) is 5.69. The molecule has 0 unspecified atom stereocenters. The molecule has 1 aromatic heterocycles. The van der Waals surface area contributed by atoms with Crippen molar-refractivity contribution in [3.63, 3.8) is 0 Å². The van der Waals surface area contributed by atoms with Crippen molar-refractivity contribution in [2.75, 3.05) is 24.0 Å². The second-order valence-corrected chi connectivity index (χ2v) is 7.01. The largest absolute Gasteiger partial charge is 0.435 e. The predicted molar refractivity (Wildman–Crippen MR) is 111 cm³/mol. The lowest BCUT2D eigenvalue weighted by Crippen LogP contribution is -2.18. The third-order valence-corrected chi connectivity index (χ3v) is 4.94. The van der Waals surface area contributed by atoms with E-state index >= 15 is 0 Å². The second kappa shape index (κ2) is 9.89. The number of alkyl halides is 2. The minimum absolute atomic E-state index is 0.0106. The number of nitrogens with two attached hydrogens (primary N) is 1. The van der Waals surface area contributed by atoms with E-state index in [0.717, 1.165) is 11.8 Å². The smallest absolute Gasteiger partial charge is 0.387 e. The highest BCUT2D eigenvalue weighted by molar-refractivity contribution is 7.99. The van der Waals surface area contributed by atoms with E-state index in [4.69, 9.17) is 5.84 Å². The van der Waals surface area contributed by atoms with Crippen LogP contribution >= 0.6 is 11.8 Å². The van der Waals surface area contributed by atoms with Gasteiger partial charge >= 0.3 is 6.61 Å². The number of aromatic nitrogens is 3. The Labute approximate surface area is 179 Å². The normalized spacial score (nSPS) is 10.7. The van der Waals surface area contributed by atoms with Crippen LogP contribution in [0.5, 0.6) is 5.75 Å². The third-order valence-electron chi connectivity index (χ3n) is 3.99. The number of benzene rings is 2. The van der Waals surface area contributed by atoms with Gasteiger partial charge in [-0.3, -0.25) is 9.59 Å². The fourth-order valence-corrected chi connectivity index (χ4v) is 3.19. The van der Waals surface area contributed by atoms with Gasteiger partial charge in [0.2, 0.25) is 11.1 Å². The maximum Gasteiger partial charge on any atom is 0.387 e. The van der Waals surface area contributed by atoms with Crippen molar-refractivity contribution in [1.29, 1.82) is 0 Å². The Morgan fingerprint density at radius 1 is 1.13 bits per heavy atom. The predicted octanol–water partition coefficient (Wildman–Crippen LogP) is 2.35. The van der Waals surface area contributed by atoms with E-state index in [1.165, 1.54) is 36.0 Å². The molecule has 0 saturated heterocycles. The summed E-state index contributed by atoms with van der Waals surface area (Å²) in [5, 5.41) is 13.5. The minimum Gasteiger partial charge on any atom is -0.435 e. The zero-order valence-corrected chi connectivity index (χ0v) is 17.0. The summed E-state index contributed by atoms with van der Waals surface area (Å²) in [6.45, 7) is -2.91. The summed E-state index contributed by atoms with van der Waals surface area (Å²) in [4.78, 5) is 23.7. The van der Waals surface area contributed by atoms with Crippen molar-refractivity contribution in [1.82, 2.24) is 20.2 Å². The number of thioether (sulfide) groups is 1. The summed E-state index contributed by atoms with van der Waals surface area (Å²) < 4.78 is 30.0. The van der Waals surface area contributed by atoms with Gasteiger partial charge in [-0.25, -0.2) is 4.68 Å². The van der Waals surface area contributed by atoms with Crippen molar-refractivity contribution in [2.45, 2.75) is 11.8 Å². The molecule has 0 spiro atoms. The summed E-state index contributed by atoms with van der Waals surface area (Å²) in [6.07, 6.45) is 0. The highest BCUT2D eigenvalue weighted by atomic mass is 32.2. The van der Waals surface area contributed by atoms with Crippen molar-refractivity contribution in [2.24, 2.45) is 0 Å². The lowest BCUT2D eigenvalue weighted by Gasteiger charge is -2.07. The van der Waals surface area contributed by atoms with Gasteiger partial charge in [0.1, 0.15) is 5.75 Å². The maximum absolute atomic E-state index is 12.2. The molecule has 0 bridgehead atoms. The molecule has 0 aliphatic carbocycles. The fraction of sp³-hybridized carbons (Fsp3) is 0.158. The molecular formula is C19H18F2N6O3S. The molecule has 9 nitrogen and oxygen atoms in total. The summed E-state index contributed by atoms with van der Waals surface area (Å²) in [5.41, 5.74) is 1.57. The molecule has 3 rings (SSSR count). The van der Waals surface area contributed by atoms with Gasteiger partial charge in [0.15, 0.2) is 5.82 Å². The average molecular weight is 448 g/mol. The van der Waals surface area contributed by atoms with Crippen LogP contribution in [0.4, 0.5) is 14.5 Å². The number of amides is 2. The van der Waals surface area contributed by atoms with Crippen LogP contribution in [0.3, 0.4) is 0 Å². The zero-order valence-electron chi connectivity index (χ0n) is 16.2. The number of nitrogens with zero attached hydrogens (tertiary/aromatic N) is 3. The van der Waals surface area contributed by atoms with E-state index in [2.05, 4.69) is 25.6 Å². The fourth-order valence-electron chi connectivity index (χ4n) is 2.53. The van der Waals surface area contributed by atoms with E-state index in [9.17, 15) is 18.4 Å². The van der Waals surface area contributed by atoms with Gasteiger partial charge in [-0.15, -0.1) is 10.2 Å². The van der Waals surface area contributed by atoms with Gasteiger partial charge in [-0.2, -0.15) is 8.78 Å². The first-order chi connectivity index (χ1) is 14.9. The molecule has 0 saturated carbocycles. The number of anilines is 1. The molecule has 31 heavy (non-hydrogen) atoms. The molecule has 0 aliphatic rings. The molecular weight excluding hydrogens is 430 g/mol. The summed E-state index contributed by atoms with van der Waals surface area (Å²) in [5.74, 6) is 5.82. The molecule has 0 fully saturated rings. The monoisotopic (exact) mass is 448 g/mol. The van der Waals surface area contributed by atoms with Crippen LogP contribution in [-0.4, -0.2) is 46.1 Å². The lowest BCUT2D eigenvalue weighted by atomic mass is 10.2. The van der Waals surface area contributed by atoms with Gasteiger partial charge in [-0.05, 0) is 48.5 Å². The SMILES string of the molecule is CNC(=O)c1ccc(NC(=O)CSc2nnc(-c3ccc(OC(F)F)cc3)n2N)cc1. The number of ether oxygens (including phenoxy) is 1. The van der Waals surface area contributed by atoms with Crippen LogP contribution in [-0.2, 0) is 4.79 Å². The maximum atomic E-state index is 12.2. The van der Waals surface area contributed by atoms with Crippen molar-refractivity contribution < 1.29 is 23.1 Å². The van der Waals surface area contributed by atoms with Crippen molar-refractivity contribution >= 4 is 29.3 Å². The van der Waals surface area contributed by atoms with E-state index in [-0.39, 0.29) is 23.3 Å². The second-order valence-electron chi connectivity index (χ2n) is 6.07. The number of nitrogens with one attached hydrogen (secondary N) is 2. The molecule has 2 amide bonds. The first-order valence-corrected chi connectivity index (χ1v) is 9.86. The molecule has 0 radical (unpaired) electrons. The standard InChI is InChI=1S/C19H18F2N6O3S/c1-23-17(29)12-2-6-13(7-3-12)24-15(28)10-31-19-26-25-16(27(19)22)11-4-8-14(9-5-11)30-18(20)21/h2-9,18H,10,22H2,1H3,(H,23,29)(H,24,28). The molecule has 0 atom stereocenters. The highest BCUT2D eigenvalue weighted by Crippen LogP contribution is 2.24. The Balaban J connectivity index is 1.58. The average Bonchev–Trinajstić information content (AvgIpc) is 3.12. The van der Waals surface area contributed by atoms with Gasteiger partial charge < -0.3 is 21.2 Å². The van der Waals surface area contributed by atoms with Crippen LogP contribution in [0.15, 0.2) is 53.7 Å². The van der Waals surface area contributed by atoms with Crippen LogP contribution in [0.2, 0.25) is 0 Å². The number of halogens is 2. The summed E-state index contributed by atoms with van der Waals surface area (Å²) in [6, 6.07) is 12.2. The lowest BCUT2D eigenvalue weighted by molar-refractivity contribution is -0.113. The van der Waals surface area contributed by atoms with Crippen molar-refractivity contribution in [3.05, 3.63) is 54.1 Å². The van der Waals surface area contributed by atoms with Crippen LogP contribution in [0.1, 0.15) is 10.4 Å². The van der Waals surface area contributed by atoms with Gasteiger partial charge in [0.05, 0.1) is 5.75 Å². The van der Waals surface area contributed by atoms with E-state index in [1.54, 1.807) is 24.3 Å². The zero-order chi connectivity index (χ0) is 22.4. The Kier molecular flexibility index (Phi) is 7.03. The van der Waals surface area contributed by atoms with E-state index in [0.29, 0.717) is 27.8 Å². The number of hydrogen-bond acceptors (Lipinski definition) is 7. The number of hydrogen-bond donors (Lipinski definition) is 3. The first kappa shape index (κ1) is 22.0. The first-order valence-electron chi connectivity index (χ1n) is 8.88. The van der Waals surface area contributed by atoms with E-state index in [1.807, 2.05) is 0 Å². The Bertz CT molecular complexity index is 1060. The Morgan fingerprint density at radius 2 is 1.81 bits per heavy atom. The molecule has 2 aromatic carbocycles. The number of nitrogen functional groups attached to an aromatic ring is 1. The quantitative estimate of drug-likeness (QED) is 0.357. The topological polar surface area (TPSA) is 124 Å². The van der Waals surface area contributed by atoms with Gasteiger partial charge in [-0.1, -0.05) is 11.8 Å². The van der Waals surface area contributed by atoms with Crippen molar-refractivity contribution in [3.8, 4) is 17.1 Å². The highest BCUT2D eigenvalue weighted by Gasteiger charge is 2.15. The molecule has 162 valence electrons. The summed E-state index contributed by atoms with van der Waals surface area (Å²) in [7, 11) is 1.54. The van der Waals surface area contributed by atoms with Crippen LogP contribution < -0.4 is 21.2 Å². The number of carbonyl (C=O) groups is 2. The molecule has 12 heteroatoms. The van der Waals surface area contributed by atoms with E-state index < -0.39 is 6.61 Å². The van der Waals surface area contributed by atoms with Crippen LogP contribution in [0.25, 0.3) is 11.4 Å². The van der Waals surface area contributed by atoms with Crippen LogP contribution in [0, 0.1) is 0 Å². The van der Waals surface area contributed by atoms with Gasteiger partial charge in [0, 0.05) is 23.9 Å². The molecule has 0 aliphatic heterocycles. The molecule has 3 aromatic rings. The molecule has 4 N–H and O–H groups in total. The molecule has 1 heterocycles. The number of rotatable bonds is 8. The Hall–Kier alpha value is -3.67. The summed E-state index contributed by atoms with van der Waals surface area (Å²) >= 11 is 1.08.